The van der Waals surface area contributed by atoms with Crippen LogP contribution in [0.1, 0.15) is 298 Å². The highest BCUT2D eigenvalue weighted by Crippen LogP contribution is 2.18. The first-order valence-corrected chi connectivity index (χ1v) is 26.8. The SMILES string of the molecule is CCCCCCCCCCCCCCCC(=O)OC[C@H](COC(=O)CCCCCCCCCCCCC(C)CC)OC(=O)CCCCCCCCCCCCCCC(C)C. The summed E-state index contributed by atoms with van der Waals surface area (Å²) in [7, 11) is 0. The summed E-state index contributed by atoms with van der Waals surface area (Å²) in [5.74, 6) is 0.856. The molecule has 1 unspecified atom stereocenters. The highest BCUT2D eigenvalue weighted by atomic mass is 16.6. The molecule has 0 rings (SSSR count). The Labute approximate surface area is 374 Å². The van der Waals surface area contributed by atoms with Gasteiger partial charge in [0.2, 0.25) is 0 Å². The third-order valence-electron chi connectivity index (χ3n) is 12.6. The highest BCUT2D eigenvalue weighted by molar-refractivity contribution is 5.71. The van der Waals surface area contributed by atoms with Gasteiger partial charge in [-0.05, 0) is 31.1 Å². The Morgan fingerprint density at radius 3 is 0.950 bits per heavy atom. The van der Waals surface area contributed by atoms with Crippen molar-refractivity contribution in [3.8, 4) is 0 Å². The van der Waals surface area contributed by atoms with Gasteiger partial charge in [-0.15, -0.1) is 0 Å². The average molecular weight is 849 g/mol. The summed E-state index contributed by atoms with van der Waals surface area (Å²) in [4.78, 5) is 38.0. The summed E-state index contributed by atoms with van der Waals surface area (Å²) < 4.78 is 16.8. The second-order valence-corrected chi connectivity index (χ2v) is 19.2. The molecule has 0 N–H and O–H groups in total. The first-order chi connectivity index (χ1) is 29.3. The molecule has 0 aromatic carbocycles. The van der Waals surface area contributed by atoms with Crippen molar-refractivity contribution in [1.29, 1.82) is 0 Å². The lowest BCUT2D eigenvalue weighted by Crippen LogP contribution is -2.30. The van der Waals surface area contributed by atoms with Crippen LogP contribution in [0.5, 0.6) is 0 Å². The number of hydrogen-bond donors (Lipinski definition) is 0. The first kappa shape index (κ1) is 58.4. The Morgan fingerprint density at radius 2 is 0.633 bits per heavy atom. The number of unbranched alkanes of at least 4 members (excludes halogenated alkanes) is 32. The number of carbonyl (C=O) groups is 3. The molecule has 0 aliphatic rings. The molecule has 0 fully saturated rings. The van der Waals surface area contributed by atoms with E-state index in [1.165, 1.54) is 186 Å². The third-order valence-corrected chi connectivity index (χ3v) is 12.6. The molecule has 6 heteroatoms. The molecular weight excluding hydrogens is 745 g/mol. The maximum absolute atomic E-state index is 12.8. The van der Waals surface area contributed by atoms with Crippen molar-refractivity contribution < 1.29 is 28.6 Å². The van der Waals surface area contributed by atoms with E-state index < -0.39 is 6.10 Å². The van der Waals surface area contributed by atoms with Crippen molar-refractivity contribution in [2.75, 3.05) is 13.2 Å². The molecule has 6 nitrogen and oxygen atoms in total. The molecule has 356 valence electrons. The Kier molecular flexibility index (Phi) is 45.7. The zero-order chi connectivity index (χ0) is 44.0. The Hall–Kier alpha value is -1.59. The largest absolute Gasteiger partial charge is 0.462 e. The molecular formula is C54H104O6. The van der Waals surface area contributed by atoms with E-state index in [9.17, 15) is 14.4 Å². The minimum atomic E-state index is -0.762. The van der Waals surface area contributed by atoms with Gasteiger partial charge < -0.3 is 14.2 Å². The lowest BCUT2D eigenvalue weighted by Gasteiger charge is -2.18. The standard InChI is InChI=1S/C54H104O6/c1-6-8-9-10-11-12-13-14-18-24-29-34-39-44-52(55)58-47-51(48-59-53(56)45-40-35-30-25-21-20-23-28-33-38-43-50(5)7-2)60-54(57)46-41-36-31-26-19-16-15-17-22-27-32-37-42-49(3)4/h49-51H,6-48H2,1-5H3/t50?,51-/m1/s1. The minimum absolute atomic E-state index is 0.0634. The van der Waals surface area contributed by atoms with Gasteiger partial charge in [-0.3, -0.25) is 14.4 Å². The Balaban J connectivity index is 4.33. The van der Waals surface area contributed by atoms with Crippen molar-refractivity contribution in [3.63, 3.8) is 0 Å². The van der Waals surface area contributed by atoms with Crippen LogP contribution in [0.15, 0.2) is 0 Å². The van der Waals surface area contributed by atoms with Crippen LogP contribution in [-0.4, -0.2) is 37.2 Å². The van der Waals surface area contributed by atoms with Crippen molar-refractivity contribution in [3.05, 3.63) is 0 Å². The lowest BCUT2D eigenvalue weighted by molar-refractivity contribution is -0.167. The second kappa shape index (κ2) is 46.9. The quantitative estimate of drug-likeness (QED) is 0.0345. The molecule has 2 atom stereocenters. The van der Waals surface area contributed by atoms with Gasteiger partial charge in [-0.25, -0.2) is 0 Å². The summed E-state index contributed by atoms with van der Waals surface area (Å²) in [6.07, 6.45) is 47.9. The van der Waals surface area contributed by atoms with Gasteiger partial charge in [-0.2, -0.15) is 0 Å². The van der Waals surface area contributed by atoms with E-state index in [2.05, 4.69) is 34.6 Å². The monoisotopic (exact) mass is 849 g/mol. The van der Waals surface area contributed by atoms with E-state index in [0.717, 1.165) is 69.6 Å². The molecule has 0 aliphatic carbocycles. The van der Waals surface area contributed by atoms with E-state index in [1.807, 2.05) is 0 Å². The number of esters is 3. The summed E-state index contributed by atoms with van der Waals surface area (Å²) in [5, 5.41) is 0. The van der Waals surface area contributed by atoms with E-state index in [1.54, 1.807) is 0 Å². The number of hydrogen-bond acceptors (Lipinski definition) is 6. The van der Waals surface area contributed by atoms with Crippen molar-refractivity contribution in [2.45, 2.75) is 304 Å². The molecule has 0 saturated heterocycles. The molecule has 0 bridgehead atoms. The zero-order valence-electron chi connectivity index (χ0n) is 41.1. The van der Waals surface area contributed by atoms with Gasteiger partial charge in [0, 0.05) is 19.3 Å². The van der Waals surface area contributed by atoms with E-state index in [4.69, 9.17) is 14.2 Å². The van der Waals surface area contributed by atoms with Gasteiger partial charge in [0.05, 0.1) is 0 Å². The zero-order valence-corrected chi connectivity index (χ0v) is 41.1. The first-order valence-electron chi connectivity index (χ1n) is 26.8. The molecule has 60 heavy (non-hydrogen) atoms. The summed E-state index contributed by atoms with van der Waals surface area (Å²) in [6.45, 7) is 11.4. The summed E-state index contributed by atoms with van der Waals surface area (Å²) in [6, 6.07) is 0. The van der Waals surface area contributed by atoms with E-state index >= 15 is 0 Å². The predicted octanol–water partition coefficient (Wildman–Crippen LogP) is 17.3. The highest BCUT2D eigenvalue weighted by Gasteiger charge is 2.19. The lowest BCUT2D eigenvalue weighted by atomic mass is 9.99. The van der Waals surface area contributed by atoms with Crippen LogP contribution in [0.25, 0.3) is 0 Å². The second-order valence-electron chi connectivity index (χ2n) is 19.2. The van der Waals surface area contributed by atoms with Gasteiger partial charge in [0.15, 0.2) is 6.10 Å². The van der Waals surface area contributed by atoms with Crippen LogP contribution in [-0.2, 0) is 28.6 Å². The van der Waals surface area contributed by atoms with Crippen molar-refractivity contribution >= 4 is 17.9 Å². The molecule has 0 aromatic heterocycles. The molecule has 0 aromatic rings. The van der Waals surface area contributed by atoms with Crippen LogP contribution in [0.2, 0.25) is 0 Å². The molecule has 0 amide bonds. The average Bonchev–Trinajstić information content (AvgIpc) is 3.23. The normalized spacial score (nSPS) is 12.5. The molecule has 0 heterocycles. The number of ether oxygens (including phenoxy) is 3. The number of carbonyl (C=O) groups excluding carboxylic acids is 3. The smallest absolute Gasteiger partial charge is 0.306 e. The summed E-state index contributed by atoms with van der Waals surface area (Å²) in [5.41, 5.74) is 0. The number of rotatable bonds is 48. The van der Waals surface area contributed by atoms with Gasteiger partial charge in [0.25, 0.3) is 0 Å². The van der Waals surface area contributed by atoms with Crippen molar-refractivity contribution in [1.82, 2.24) is 0 Å². The maximum atomic E-state index is 12.8. The fraction of sp³-hybridized carbons (Fsp3) is 0.944. The fourth-order valence-electron chi connectivity index (χ4n) is 8.13. The van der Waals surface area contributed by atoms with Crippen LogP contribution >= 0.6 is 0 Å². The van der Waals surface area contributed by atoms with Gasteiger partial charge >= 0.3 is 17.9 Å². The van der Waals surface area contributed by atoms with Gasteiger partial charge in [0.1, 0.15) is 13.2 Å². The Morgan fingerprint density at radius 1 is 0.350 bits per heavy atom. The Bertz CT molecular complexity index is 918. The van der Waals surface area contributed by atoms with E-state index in [0.29, 0.717) is 19.3 Å². The predicted molar refractivity (Wildman–Crippen MR) is 256 cm³/mol. The third kappa shape index (κ3) is 45.9. The molecule has 0 saturated carbocycles. The fourth-order valence-corrected chi connectivity index (χ4v) is 8.13. The van der Waals surface area contributed by atoms with Crippen LogP contribution in [0.3, 0.4) is 0 Å². The topological polar surface area (TPSA) is 78.9 Å². The summed E-state index contributed by atoms with van der Waals surface area (Å²) >= 11 is 0. The van der Waals surface area contributed by atoms with Crippen LogP contribution < -0.4 is 0 Å². The van der Waals surface area contributed by atoms with Crippen molar-refractivity contribution in [2.24, 2.45) is 11.8 Å². The van der Waals surface area contributed by atoms with E-state index in [-0.39, 0.29) is 31.1 Å². The maximum Gasteiger partial charge on any atom is 0.306 e. The van der Waals surface area contributed by atoms with Gasteiger partial charge in [-0.1, -0.05) is 259 Å². The molecule has 0 spiro atoms. The van der Waals surface area contributed by atoms with Crippen LogP contribution in [0, 0.1) is 11.8 Å². The molecule has 0 radical (unpaired) electrons. The van der Waals surface area contributed by atoms with Crippen LogP contribution in [0.4, 0.5) is 0 Å². The minimum Gasteiger partial charge on any atom is -0.462 e. The molecule has 0 aliphatic heterocycles.